The highest BCUT2D eigenvalue weighted by Crippen LogP contribution is 2.53. The van der Waals surface area contributed by atoms with Crippen molar-refractivity contribution in [3.05, 3.63) is 81.6 Å². The summed E-state index contributed by atoms with van der Waals surface area (Å²) in [6.45, 7) is 7.13. The number of imide groups is 2. The third kappa shape index (κ3) is 8.10. The predicted octanol–water partition coefficient (Wildman–Crippen LogP) is 7.08. The molecule has 2 aliphatic carbocycles. The van der Waals surface area contributed by atoms with Crippen LogP contribution in [0.3, 0.4) is 0 Å². The highest BCUT2D eigenvalue weighted by molar-refractivity contribution is 7.18. The molecular formula is C45H48F3N7O6S. The number of piperidine rings is 1. The number of carbonyl (C=O) groups is 5. The van der Waals surface area contributed by atoms with Crippen LogP contribution in [0.25, 0.3) is 10.2 Å². The molecule has 5 heterocycles. The SMILES string of the molecule is CC(C)(O)c1cc2nc(C3CCC(CN4CC5(CC(CCNc6cccc7c6C(=O)N(C6CCC(=O)NC6=O)C7=O)C5)C4)CC3)sc2cc1NC(=O)c1cccc(C(F)(F)F)n1. The number of alkyl halides is 3. The van der Waals surface area contributed by atoms with Crippen LogP contribution in [0.2, 0.25) is 0 Å². The summed E-state index contributed by atoms with van der Waals surface area (Å²) < 4.78 is 40.6. The quantitative estimate of drug-likeness (QED) is 0.114. The third-order valence-electron chi connectivity index (χ3n) is 13.3. The van der Waals surface area contributed by atoms with Crippen LogP contribution in [0.5, 0.6) is 0 Å². The molecule has 2 aromatic heterocycles. The van der Waals surface area contributed by atoms with Crippen LogP contribution in [0.4, 0.5) is 24.5 Å². The number of halogens is 3. The summed E-state index contributed by atoms with van der Waals surface area (Å²) in [4.78, 5) is 75.9. The minimum Gasteiger partial charge on any atom is -0.386 e. The monoisotopic (exact) mass is 871 g/mol. The lowest BCUT2D eigenvalue weighted by atomic mass is 9.57. The summed E-state index contributed by atoms with van der Waals surface area (Å²) in [5.74, 6) is -1.36. The van der Waals surface area contributed by atoms with Crippen molar-refractivity contribution in [1.29, 1.82) is 0 Å². The smallest absolute Gasteiger partial charge is 0.386 e. The van der Waals surface area contributed by atoms with E-state index in [1.54, 1.807) is 55.5 Å². The van der Waals surface area contributed by atoms with Gasteiger partial charge in [-0.15, -0.1) is 11.3 Å². The standard InChI is InChI=1S/C45H48F3N7O6S/c1-43(2,61)28-17-32-34(18-31(28)51-38(57)30-7-4-8-35(50-30)45(46,47)48)62-40(52-32)26-11-9-24(10-12-26)21-54-22-44(23-54)19-25(20-44)15-16-49-29-6-3-5-27-37(29)42(60)55(41(27)59)33-13-14-36(56)53-39(33)58/h3-8,17-18,24-26,33,49,61H,9-16,19-23H2,1-2H3,(H,51,57)(H,53,56,58). The Hall–Kier alpha value is -5.26. The lowest BCUT2D eigenvalue weighted by molar-refractivity contribution is -0.141. The molecule has 2 saturated heterocycles. The van der Waals surface area contributed by atoms with Gasteiger partial charge in [-0.3, -0.25) is 34.2 Å². The van der Waals surface area contributed by atoms with Gasteiger partial charge in [-0.05, 0) is 119 Å². The molecule has 3 aliphatic heterocycles. The first-order valence-electron chi connectivity index (χ1n) is 21.3. The molecule has 2 aromatic carbocycles. The Morgan fingerprint density at radius 3 is 2.39 bits per heavy atom. The van der Waals surface area contributed by atoms with Crippen molar-refractivity contribution in [2.75, 3.05) is 36.8 Å². The van der Waals surface area contributed by atoms with Gasteiger partial charge in [0.1, 0.15) is 17.4 Å². The van der Waals surface area contributed by atoms with Crippen LogP contribution in [0.1, 0.15) is 125 Å². The van der Waals surface area contributed by atoms with Gasteiger partial charge in [-0.25, -0.2) is 9.97 Å². The third-order valence-corrected chi connectivity index (χ3v) is 14.5. The Bertz CT molecular complexity index is 2480. The lowest BCUT2D eigenvalue weighted by Gasteiger charge is -2.60. The predicted molar refractivity (Wildman–Crippen MR) is 225 cm³/mol. The number of amides is 5. The number of nitrogens with one attached hydrogen (secondary N) is 3. The Morgan fingerprint density at radius 2 is 1.68 bits per heavy atom. The van der Waals surface area contributed by atoms with E-state index in [9.17, 15) is 42.3 Å². The zero-order valence-electron chi connectivity index (χ0n) is 34.4. The number of hydrogen-bond acceptors (Lipinski definition) is 11. The van der Waals surface area contributed by atoms with Crippen LogP contribution in [0, 0.1) is 17.3 Å². The molecule has 17 heteroatoms. The maximum atomic E-state index is 13.4. The second-order valence-corrected chi connectivity index (χ2v) is 19.5. The fraction of sp³-hybridized carbons (Fsp3) is 0.489. The second-order valence-electron chi connectivity index (χ2n) is 18.4. The zero-order valence-corrected chi connectivity index (χ0v) is 35.3. The van der Waals surface area contributed by atoms with Crippen molar-refractivity contribution >= 4 is 62.5 Å². The minimum atomic E-state index is -4.69. The fourth-order valence-corrected chi connectivity index (χ4v) is 11.5. The Morgan fingerprint density at radius 1 is 0.935 bits per heavy atom. The molecule has 9 rings (SSSR count). The van der Waals surface area contributed by atoms with Crippen LogP contribution in [-0.4, -0.2) is 86.6 Å². The molecule has 0 radical (unpaired) electrons. The van der Waals surface area contributed by atoms with E-state index in [-0.39, 0.29) is 29.7 Å². The average molecular weight is 872 g/mol. The van der Waals surface area contributed by atoms with Crippen molar-refractivity contribution in [1.82, 2.24) is 25.1 Å². The summed E-state index contributed by atoms with van der Waals surface area (Å²) in [5, 5.41) is 20.3. The molecule has 1 spiro atoms. The number of hydrogen-bond donors (Lipinski definition) is 4. The van der Waals surface area contributed by atoms with E-state index in [1.165, 1.54) is 18.9 Å². The normalized spacial score (nSPS) is 23.0. The maximum Gasteiger partial charge on any atom is 0.433 e. The molecule has 13 nitrogen and oxygen atoms in total. The molecule has 62 heavy (non-hydrogen) atoms. The highest BCUT2D eigenvalue weighted by Gasteiger charge is 2.52. The van der Waals surface area contributed by atoms with Gasteiger partial charge in [0.2, 0.25) is 11.8 Å². The van der Waals surface area contributed by atoms with Crippen LogP contribution < -0.4 is 16.0 Å². The molecule has 5 aliphatic rings. The van der Waals surface area contributed by atoms with E-state index >= 15 is 0 Å². The molecule has 4 N–H and O–H groups in total. The highest BCUT2D eigenvalue weighted by atomic mass is 32.1. The number of fused-ring (bicyclic) bond motifs is 2. The number of thiazole rings is 1. The maximum absolute atomic E-state index is 13.4. The minimum absolute atomic E-state index is 0.0760. The number of nitrogens with zero attached hydrogens (tertiary/aromatic N) is 4. The molecule has 4 aromatic rings. The summed E-state index contributed by atoms with van der Waals surface area (Å²) in [6.07, 6.45) is 3.03. The van der Waals surface area contributed by atoms with Crippen molar-refractivity contribution in [2.24, 2.45) is 17.3 Å². The van der Waals surface area contributed by atoms with Gasteiger partial charge in [-0.1, -0.05) is 12.1 Å². The molecular weight excluding hydrogens is 824 g/mol. The average Bonchev–Trinajstić information content (AvgIpc) is 3.73. The fourth-order valence-electron chi connectivity index (χ4n) is 10.4. The van der Waals surface area contributed by atoms with E-state index in [0.717, 1.165) is 78.5 Å². The number of likely N-dealkylation sites (tertiary alicyclic amines) is 1. The number of aromatic nitrogens is 2. The molecule has 1 unspecified atom stereocenters. The summed E-state index contributed by atoms with van der Waals surface area (Å²) in [6, 6.07) is 10.8. The number of rotatable bonds is 11. The molecule has 0 bridgehead atoms. The molecule has 5 amide bonds. The largest absolute Gasteiger partial charge is 0.433 e. The topological polar surface area (TPSA) is 174 Å². The van der Waals surface area contributed by atoms with Gasteiger partial charge in [0, 0.05) is 55.5 Å². The van der Waals surface area contributed by atoms with E-state index in [1.807, 2.05) is 0 Å². The van der Waals surface area contributed by atoms with Gasteiger partial charge in [-0.2, -0.15) is 13.2 Å². The first-order valence-corrected chi connectivity index (χ1v) is 22.1. The number of carbonyl (C=O) groups excluding carboxylic acids is 5. The summed E-state index contributed by atoms with van der Waals surface area (Å²) >= 11 is 1.55. The first-order chi connectivity index (χ1) is 29.4. The lowest BCUT2D eigenvalue weighted by Crippen LogP contribution is -2.63. The van der Waals surface area contributed by atoms with E-state index in [4.69, 9.17) is 4.98 Å². The zero-order chi connectivity index (χ0) is 43.7. The Balaban J connectivity index is 0.735. The Labute approximate surface area is 359 Å². The number of anilines is 2. The number of pyridine rings is 1. The van der Waals surface area contributed by atoms with E-state index in [0.29, 0.717) is 52.2 Å². The van der Waals surface area contributed by atoms with Crippen LogP contribution in [0.15, 0.2) is 48.5 Å². The van der Waals surface area contributed by atoms with Crippen molar-refractivity contribution in [3.63, 3.8) is 0 Å². The van der Waals surface area contributed by atoms with Gasteiger partial charge < -0.3 is 20.6 Å². The summed E-state index contributed by atoms with van der Waals surface area (Å²) in [5.41, 5.74) is 0.0191. The summed E-state index contributed by atoms with van der Waals surface area (Å²) in [7, 11) is 0. The molecule has 326 valence electrons. The van der Waals surface area contributed by atoms with Gasteiger partial charge in [0.05, 0.1) is 32.0 Å². The van der Waals surface area contributed by atoms with Gasteiger partial charge in [0.15, 0.2) is 0 Å². The first kappa shape index (κ1) is 42.1. The van der Waals surface area contributed by atoms with Crippen molar-refractivity contribution in [2.45, 2.75) is 95.4 Å². The Kier molecular flexibility index (Phi) is 10.7. The van der Waals surface area contributed by atoms with Crippen molar-refractivity contribution in [3.8, 4) is 0 Å². The second kappa shape index (κ2) is 15.8. The van der Waals surface area contributed by atoms with E-state index < -0.39 is 53.0 Å². The molecule has 4 fully saturated rings. The number of benzene rings is 2. The van der Waals surface area contributed by atoms with Crippen molar-refractivity contribution < 1.29 is 42.3 Å². The van der Waals surface area contributed by atoms with E-state index in [2.05, 4.69) is 25.8 Å². The van der Waals surface area contributed by atoms with Crippen LogP contribution in [-0.2, 0) is 21.4 Å². The number of aliphatic hydroxyl groups is 1. The van der Waals surface area contributed by atoms with Gasteiger partial charge >= 0.3 is 6.18 Å². The van der Waals surface area contributed by atoms with Crippen LogP contribution >= 0.6 is 11.3 Å². The van der Waals surface area contributed by atoms with Gasteiger partial charge in [0.25, 0.3) is 17.7 Å². The molecule has 2 saturated carbocycles. The molecule has 1 atom stereocenters.